The lowest BCUT2D eigenvalue weighted by molar-refractivity contribution is 0.0168. The van der Waals surface area contributed by atoms with Gasteiger partial charge in [-0.05, 0) is 52.9 Å². The van der Waals surface area contributed by atoms with Gasteiger partial charge in [0, 0.05) is 28.8 Å². The fourth-order valence-corrected chi connectivity index (χ4v) is 3.90. The first-order valence-corrected chi connectivity index (χ1v) is 12.7. The molecule has 2 aromatic carbocycles. The molecule has 0 saturated carbocycles. The number of benzene rings is 2. The van der Waals surface area contributed by atoms with Crippen LogP contribution in [0.3, 0.4) is 0 Å². The molecular formula is C24H28F3IN4O6. The minimum Gasteiger partial charge on any atom is -0.394 e. The SMILES string of the molecule is O=C(NOCCO)c1cc(C(=CCN2CCOCC2)NOCCO)c(F)c(F)c1Nc1ccc(I)cc1F. The van der Waals surface area contributed by atoms with Crippen LogP contribution >= 0.6 is 22.6 Å². The zero-order valence-electron chi connectivity index (χ0n) is 20.2. The van der Waals surface area contributed by atoms with Crippen molar-refractivity contribution >= 4 is 45.6 Å². The van der Waals surface area contributed by atoms with E-state index in [9.17, 15) is 9.18 Å². The number of hydrogen-bond acceptors (Lipinski definition) is 9. The summed E-state index contributed by atoms with van der Waals surface area (Å²) in [7, 11) is 0. The highest BCUT2D eigenvalue weighted by Crippen LogP contribution is 2.32. The summed E-state index contributed by atoms with van der Waals surface area (Å²) in [4.78, 5) is 24.9. The second-order valence-corrected chi connectivity index (χ2v) is 9.18. The van der Waals surface area contributed by atoms with Crippen LogP contribution in [0, 0.1) is 21.0 Å². The van der Waals surface area contributed by atoms with E-state index in [1.54, 1.807) is 12.1 Å². The molecule has 1 aliphatic heterocycles. The normalized spacial score (nSPS) is 14.4. The van der Waals surface area contributed by atoms with Crippen LogP contribution in [0.4, 0.5) is 24.5 Å². The lowest BCUT2D eigenvalue weighted by Gasteiger charge is -2.26. The van der Waals surface area contributed by atoms with Crippen molar-refractivity contribution in [3.63, 3.8) is 0 Å². The van der Waals surface area contributed by atoms with Gasteiger partial charge >= 0.3 is 0 Å². The number of nitrogens with zero attached hydrogens (tertiary/aromatic N) is 1. The molecule has 1 fully saturated rings. The molecule has 0 unspecified atom stereocenters. The van der Waals surface area contributed by atoms with E-state index < -0.39 is 41.2 Å². The van der Waals surface area contributed by atoms with Gasteiger partial charge in [0.15, 0.2) is 11.6 Å². The predicted octanol–water partition coefficient (Wildman–Crippen LogP) is 2.29. The molecule has 38 heavy (non-hydrogen) atoms. The molecule has 2 aromatic rings. The standard InChI is InChI=1S/C24H28F3IN4O6/c25-18-13-15(28)1-2-20(18)29-23-17(24(35)31-38-12-8-34)14-16(21(26)22(23)27)19(30-37-11-7-33)3-4-32-5-9-36-10-6-32/h1-3,13-14,29-30,33-34H,4-12H2,(H,31,35). The Kier molecular flexibility index (Phi) is 12.0. The van der Waals surface area contributed by atoms with Gasteiger partial charge in [0.1, 0.15) is 5.82 Å². The summed E-state index contributed by atoms with van der Waals surface area (Å²) in [6.45, 7) is 1.48. The number of rotatable bonds is 13. The molecular weight excluding hydrogens is 624 g/mol. The lowest BCUT2D eigenvalue weighted by Crippen LogP contribution is -2.36. The van der Waals surface area contributed by atoms with Crippen LogP contribution in [0.15, 0.2) is 30.3 Å². The molecule has 14 heteroatoms. The second kappa shape index (κ2) is 15.2. The van der Waals surface area contributed by atoms with Crippen LogP contribution in [-0.2, 0) is 14.4 Å². The van der Waals surface area contributed by atoms with Crippen LogP contribution in [0.1, 0.15) is 15.9 Å². The zero-order valence-corrected chi connectivity index (χ0v) is 22.4. The Morgan fingerprint density at radius 3 is 2.37 bits per heavy atom. The van der Waals surface area contributed by atoms with Crippen molar-refractivity contribution in [3.8, 4) is 0 Å². The van der Waals surface area contributed by atoms with E-state index in [0.717, 1.165) is 6.07 Å². The molecule has 1 amide bonds. The van der Waals surface area contributed by atoms with Crippen molar-refractivity contribution in [1.29, 1.82) is 0 Å². The van der Waals surface area contributed by atoms with E-state index in [1.807, 2.05) is 33.0 Å². The molecule has 5 N–H and O–H groups in total. The molecule has 0 spiro atoms. The molecule has 10 nitrogen and oxygen atoms in total. The number of ether oxygens (including phenoxy) is 1. The summed E-state index contributed by atoms with van der Waals surface area (Å²) < 4.78 is 51.4. The Morgan fingerprint density at radius 1 is 1.03 bits per heavy atom. The number of hydroxylamine groups is 2. The Morgan fingerprint density at radius 2 is 1.71 bits per heavy atom. The van der Waals surface area contributed by atoms with E-state index in [0.29, 0.717) is 36.4 Å². The lowest BCUT2D eigenvalue weighted by atomic mass is 10.0. The number of anilines is 2. The number of nitrogens with one attached hydrogen (secondary N) is 3. The molecule has 1 heterocycles. The third kappa shape index (κ3) is 8.26. The van der Waals surface area contributed by atoms with Crippen LogP contribution in [0.25, 0.3) is 5.70 Å². The maximum absolute atomic E-state index is 15.5. The van der Waals surface area contributed by atoms with E-state index in [-0.39, 0.29) is 36.8 Å². The van der Waals surface area contributed by atoms with Gasteiger partial charge in [0.2, 0.25) is 0 Å². The monoisotopic (exact) mass is 652 g/mol. The molecule has 1 saturated heterocycles. The molecule has 0 aromatic heterocycles. The van der Waals surface area contributed by atoms with E-state index >= 15 is 8.78 Å². The Balaban J connectivity index is 2.05. The highest BCUT2D eigenvalue weighted by atomic mass is 127. The van der Waals surface area contributed by atoms with Gasteiger partial charge in [-0.2, -0.15) is 0 Å². The average Bonchev–Trinajstić information content (AvgIpc) is 2.91. The zero-order chi connectivity index (χ0) is 27.5. The Hall–Kier alpha value is -2.47. The van der Waals surface area contributed by atoms with E-state index in [2.05, 4.69) is 10.8 Å². The van der Waals surface area contributed by atoms with Crippen molar-refractivity contribution in [3.05, 3.63) is 62.5 Å². The van der Waals surface area contributed by atoms with Crippen molar-refractivity contribution < 1.29 is 42.6 Å². The number of carbonyl (C=O) groups excluding carboxylic acids is 1. The summed E-state index contributed by atoms with van der Waals surface area (Å²) in [5.41, 5.74) is 2.99. The number of aliphatic hydroxyl groups is 2. The van der Waals surface area contributed by atoms with Gasteiger partial charge in [0.05, 0.1) is 62.3 Å². The highest BCUT2D eigenvalue weighted by Gasteiger charge is 2.26. The highest BCUT2D eigenvalue weighted by molar-refractivity contribution is 14.1. The van der Waals surface area contributed by atoms with Gasteiger partial charge in [-0.1, -0.05) is 0 Å². The largest absolute Gasteiger partial charge is 0.394 e. The quantitative estimate of drug-likeness (QED) is 0.126. The van der Waals surface area contributed by atoms with Crippen molar-refractivity contribution in [2.24, 2.45) is 0 Å². The summed E-state index contributed by atoms with van der Waals surface area (Å²) in [6, 6.07) is 5.12. The summed E-state index contributed by atoms with van der Waals surface area (Å²) in [6.07, 6.45) is 1.55. The van der Waals surface area contributed by atoms with Crippen molar-refractivity contribution in [2.75, 3.05) is 64.6 Å². The fourth-order valence-electron chi connectivity index (χ4n) is 3.45. The van der Waals surface area contributed by atoms with Crippen molar-refractivity contribution in [2.45, 2.75) is 0 Å². The molecule has 0 atom stereocenters. The number of aliphatic hydroxyl groups excluding tert-OH is 2. The first kappa shape index (κ1) is 30.1. The second-order valence-electron chi connectivity index (χ2n) is 7.93. The summed E-state index contributed by atoms with van der Waals surface area (Å²) in [5, 5.41) is 20.4. The first-order valence-electron chi connectivity index (χ1n) is 11.6. The predicted molar refractivity (Wildman–Crippen MR) is 141 cm³/mol. The fraction of sp³-hybridized carbons (Fsp3) is 0.375. The summed E-state index contributed by atoms with van der Waals surface area (Å²) >= 11 is 1.90. The minimum absolute atomic E-state index is 0.00124. The maximum atomic E-state index is 15.5. The van der Waals surface area contributed by atoms with E-state index in [4.69, 9.17) is 24.6 Å². The first-order chi connectivity index (χ1) is 18.3. The number of amides is 1. The molecule has 208 valence electrons. The van der Waals surface area contributed by atoms with Crippen LogP contribution < -0.4 is 16.3 Å². The number of hydrogen-bond donors (Lipinski definition) is 5. The maximum Gasteiger partial charge on any atom is 0.277 e. The smallest absolute Gasteiger partial charge is 0.277 e. The Labute approximate surface area is 230 Å². The van der Waals surface area contributed by atoms with Crippen LogP contribution in [0.2, 0.25) is 0 Å². The van der Waals surface area contributed by atoms with Crippen LogP contribution in [0.5, 0.6) is 0 Å². The molecule has 1 aliphatic rings. The molecule has 3 rings (SSSR count). The third-order valence-electron chi connectivity index (χ3n) is 5.32. The van der Waals surface area contributed by atoms with Crippen molar-refractivity contribution in [1.82, 2.24) is 15.9 Å². The Bertz CT molecular complexity index is 1130. The summed E-state index contributed by atoms with van der Waals surface area (Å²) in [5.74, 6) is -4.50. The van der Waals surface area contributed by atoms with E-state index in [1.165, 1.54) is 12.1 Å². The topological polar surface area (TPSA) is 125 Å². The van der Waals surface area contributed by atoms with Gasteiger partial charge in [-0.15, -0.1) is 0 Å². The number of morpholine rings is 1. The minimum atomic E-state index is -1.45. The number of carbonyl (C=O) groups is 1. The molecule has 0 aliphatic carbocycles. The van der Waals surface area contributed by atoms with Gasteiger partial charge in [-0.3, -0.25) is 24.8 Å². The van der Waals surface area contributed by atoms with Gasteiger partial charge < -0.3 is 20.3 Å². The average molecular weight is 652 g/mol. The number of halogens is 4. The molecule has 0 radical (unpaired) electrons. The third-order valence-corrected chi connectivity index (χ3v) is 5.99. The molecule has 0 bridgehead atoms. The van der Waals surface area contributed by atoms with Gasteiger partial charge in [-0.25, -0.2) is 18.7 Å². The van der Waals surface area contributed by atoms with Crippen LogP contribution in [-0.4, -0.2) is 80.3 Å². The van der Waals surface area contributed by atoms with Gasteiger partial charge in [0.25, 0.3) is 5.91 Å².